The standard InChI is InChI=1S/C22H18Cl2NOP/c1-15-22(21(25-26-15)20-18(23)13-8-14-19(20)24)27(16-9-4-2-5-10-16)17-11-6-3-7-12-17/h2-15,22H,1H3/t15-,22-/m1/s1. The predicted octanol–water partition coefficient (Wildman–Crippen LogP) is 5.62. The first-order valence-corrected chi connectivity index (χ1v) is 10.9. The molecule has 0 saturated heterocycles. The molecule has 0 radical (unpaired) electrons. The van der Waals surface area contributed by atoms with Crippen molar-refractivity contribution in [2.24, 2.45) is 5.16 Å². The summed E-state index contributed by atoms with van der Waals surface area (Å²) >= 11 is 13.0. The second-order valence-corrected chi connectivity index (χ2v) is 9.51. The lowest BCUT2D eigenvalue weighted by Crippen LogP contribution is -2.33. The predicted molar refractivity (Wildman–Crippen MR) is 116 cm³/mol. The van der Waals surface area contributed by atoms with Crippen LogP contribution in [-0.4, -0.2) is 17.5 Å². The minimum atomic E-state index is -0.752. The van der Waals surface area contributed by atoms with E-state index in [1.807, 2.05) is 30.3 Å². The number of oxime groups is 1. The first-order chi connectivity index (χ1) is 13.2. The molecule has 0 spiro atoms. The maximum absolute atomic E-state index is 6.51. The molecule has 0 saturated carbocycles. The molecule has 1 aliphatic heterocycles. The topological polar surface area (TPSA) is 21.6 Å². The quantitative estimate of drug-likeness (QED) is 0.508. The fourth-order valence-corrected chi connectivity index (χ4v) is 6.80. The lowest BCUT2D eigenvalue weighted by Gasteiger charge is -2.28. The highest BCUT2D eigenvalue weighted by Crippen LogP contribution is 2.47. The van der Waals surface area contributed by atoms with E-state index in [-0.39, 0.29) is 11.8 Å². The smallest absolute Gasteiger partial charge is 0.137 e. The summed E-state index contributed by atoms with van der Waals surface area (Å²) in [5.74, 6) is 0. The SMILES string of the molecule is C[C@H]1ON=C(c2c(Cl)cccc2Cl)[C@@H]1P(c1ccccc1)c1ccccc1. The Morgan fingerprint density at radius 3 is 1.81 bits per heavy atom. The fourth-order valence-electron chi connectivity index (χ4n) is 3.39. The normalized spacial score (nSPS) is 19.0. The number of rotatable bonds is 4. The highest BCUT2D eigenvalue weighted by atomic mass is 35.5. The van der Waals surface area contributed by atoms with Crippen LogP contribution in [0.4, 0.5) is 0 Å². The van der Waals surface area contributed by atoms with Gasteiger partial charge in [0.25, 0.3) is 0 Å². The molecule has 2 nitrogen and oxygen atoms in total. The van der Waals surface area contributed by atoms with E-state index in [1.54, 1.807) is 0 Å². The van der Waals surface area contributed by atoms with Crippen molar-refractivity contribution in [2.45, 2.75) is 18.7 Å². The molecule has 0 N–H and O–H groups in total. The molecule has 3 aromatic rings. The third kappa shape index (κ3) is 3.62. The molecule has 1 heterocycles. The second kappa shape index (κ2) is 8.02. The van der Waals surface area contributed by atoms with E-state index in [9.17, 15) is 0 Å². The zero-order chi connectivity index (χ0) is 18.8. The van der Waals surface area contributed by atoms with Crippen molar-refractivity contribution >= 4 is 47.4 Å². The van der Waals surface area contributed by atoms with Gasteiger partial charge in [0.05, 0.1) is 15.7 Å². The summed E-state index contributed by atoms with van der Waals surface area (Å²) in [6.07, 6.45) is -0.0705. The summed E-state index contributed by atoms with van der Waals surface area (Å²) in [4.78, 5) is 5.75. The van der Waals surface area contributed by atoms with E-state index in [2.05, 4.69) is 60.6 Å². The molecule has 0 unspecified atom stereocenters. The van der Waals surface area contributed by atoms with Crippen molar-refractivity contribution in [1.82, 2.24) is 0 Å². The van der Waals surface area contributed by atoms with Gasteiger partial charge in [0.1, 0.15) is 11.8 Å². The lowest BCUT2D eigenvalue weighted by molar-refractivity contribution is 0.102. The van der Waals surface area contributed by atoms with Gasteiger partial charge in [-0.3, -0.25) is 0 Å². The third-order valence-electron chi connectivity index (χ3n) is 4.61. The molecule has 2 atom stereocenters. The average Bonchev–Trinajstić information content (AvgIpc) is 3.05. The van der Waals surface area contributed by atoms with Gasteiger partial charge >= 0.3 is 0 Å². The largest absolute Gasteiger partial charge is 0.391 e. The molecule has 0 aromatic heterocycles. The Labute approximate surface area is 170 Å². The van der Waals surface area contributed by atoms with Gasteiger partial charge in [-0.15, -0.1) is 0 Å². The molecule has 5 heteroatoms. The van der Waals surface area contributed by atoms with E-state index >= 15 is 0 Å². The van der Waals surface area contributed by atoms with Crippen LogP contribution in [-0.2, 0) is 4.84 Å². The van der Waals surface area contributed by atoms with Crippen molar-refractivity contribution in [2.75, 3.05) is 0 Å². The number of halogens is 2. The number of hydrogen-bond donors (Lipinski definition) is 0. The van der Waals surface area contributed by atoms with Crippen LogP contribution in [0.2, 0.25) is 10.0 Å². The minimum Gasteiger partial charge on any atom is -0.391 e. The van der Waals surface area contributed by atoms with Crippen LogP contribution < -0.4 is 10.6 Å². The molecule has 3 aromatic carbocycles. The Kier molecular flexibility index (Phi) is 5.50. The molecule has 136 valence electrons. The van der Waals surface area contributed by atoms with Crippen molar-refractivity contribution < 1.29 is 4.84 Å². The second-order valence-electron chi connectivity index (χ2n) is 6.37. The zero-order valence-electron chi connectivity index (χ0n) is 14.7. The Morgan fingerprint density at radius 2 is 1.30 bits per heavy atom. The maximum Gasteiger partial charge on any atom is 0.137 e. The molecule has 0 aliphatic carbocycles. The minimum absolute atomic E-state index is 0.0576. The molecule has 4 rings (SSSR count). The van der Waals surface area contributed by atoms with E-state index in [0.29, 0.717) is 10.0 Å². The molecule has 0 amide bonds. The molecule has 27 heavy (non-hydrogen) atoms. The first kappa shape index (κ1) is 18.5. The molecule has 0 bridgehead atoms. The van der Waals surface area contributed by atoms with Crippen LogP contribution in [0.25, 0.3) is 0 Å². The Bertz CT molecular complexity index is 903. The average molecular weight is 414 g/mol. The van der Waals surface area contributed by atoms with Crippen molar-refractivity contribution in [1.29, 1.82) is 0 Å². The summed E-state index contributed by atoms with van der Waals surface area (Å²) in [7, 11) is -0.752. The number of benzene rings is 3. The van der Waals surface area contributed by atoms with Crippen LogP contribution >= 0.6 is 31.1 Å². The van der Waals surface area contributed by atoms with Gasteiger partial charge in [-0.25, -0.2) is 0 Å². The van der Waals surface area contributed by atoms with E-state index in [1.165, 1.54) is 10.6 Å². The Hall–Kier alpha value is -1.86. The summed E-state index contributed by atoms with van der Waals surface area (Å²) in [6.45, 7) is 2.06. The van der Waals surface area contributed by atoms with Crippen molar-refractivity contribution in [3.8, 4) is 0 Å². The van der Waals surface area contributed by atoms with Gasteiger partial charge < -0.3 is 4.84 Å². The maximum atomic E-state index is 6.51. The Morgan fingerprint density at radius 1 is 0.778 bits per heavy atom. The third-order valence-corrected chi connectivity index (χ3v) is 8.17. The molecule has 1 aliphatic rings. The monoisotopic (exact) mass is 413 g/mol. The fraction of sp³-hybridized carbons (Fsp3) is 0.136. The number of nitrogens with zero attached hydrogens (tertiary/aromatic N) is 1. The van der Waals surface area contributed by atoms with Crippen LogP contribution in [0.15, 0.2) is 84.0 Å². The van der Waals surface area contributed by atoms with Gasteiger partial charge in [-0.2, -0.15) is 0 Å². The lowest BCUT2D eigenvalue weighted by atomic mass is 10.0. The zero-order valence-corrected chi connectivity index (χ0v) is 17.1. The highest BCUT2D eigenvalue weighted by Gasteiger charge is 2.41. The van der Waals surface area contributed by atoms with E-state index in [0.717, 1.165) is 11.3 Å². The highest BCUT2D eigenvalue weighted by molar-refractivity contribution is 7.74. The molecular formula is C22H18Cl2NOP. The van der Waals surface area contributed by atoms with E-state index in [4.69, 9.17) is 28.0 Å². The van der Waals surface area contributed by atoms with Crippen molar-refractivity contribution in [3.63, 3.8) is 0 Å². The van der Waals surface area contributed by atoms with Crippen molar-refractivity contribution in [3.05, 3.63) is 94.5 Å². The van der Waals surface area contributed by atoms with Gasteiger partial charge in [-0.1, -0.05) is 95.1 Å². The van der Waals surface area contributed by atoms with Crippen LogP contribution in [0, 0.1) is 0 Å². The molecular weight excluding hydrogens is 396 g/mol. The Balaban J connectivity index is 1.87. The van der Waals surface area contributed by atoms with Crippen LogP contribution in [0.5, 0.6) is 0 Å². The van der Waals surface area contributed by atoms with Gasteiger partial charge in [0.15, 0.2) is 0 Å². The first-order valence-electron chi connectivity index (χ1n) is 8.74. The summed E-state index contributed by atoms with van der Waals surface area (Å²) in [6, 6.07) is 26.6. The van der Waals surface area contributed by atoms with E-state index < -0.39 is 7.92 Å². The van der Waals surface area contributed by atoms with Gasteiger partial charge in [0.2, 0.25) is 0 Å². The van der Waals surface area contributed by atoms with Gasteiger partial charge in [-0.05, 0) is 37.6 Å². The number of hydrogen-bond acceptors (Lipinski definition) is 2. The van der Waals surface area contributed by atoms with Gasteiger partial charge in [0, 0.05) is 5.56 Å². The summed E-state index contributed by atoms with van der Waals surface area (Å²) < 4.78 is 0. The summed E-state index contributed by atoms with van der Waals surface area (Å²) in [5.41, 5.74) is 1.66. The van der Waals surface area contributed by atoms with Crippen LogP contribution in [0.3, 0.4) is 0 Å². The molecule has 0 fully saturated rings. The van der Waals surface area contributed by atoms with Crippen LogP contribution in [0.1, 0.15) is 12.5 Å². The summed E-state index contributed by atoms with van der Waals surface area (Å²) in [5, 5.41) is 8.17.